The summed E-state index contributed by atoms with van der Waals surface area (Å²) in [7, 11) is 0. The molecule has 0 amide bonds. The molecule has 2 unspecified atom stereocenters. The first kappa shape index (κ1) is 9.47. The zero-order valence-corrected chi connectivity index (χ0v) is 8.54. The molecule has 76 valence electrons. The summed E-state index contributed by atoms with van der Waals surface area (Å²) < 4.78 is 0. The summed E-state index contributed by atoms with van der Waals surface area (Å²) in [6.45, 7) is 3.57. The second-order valence-corrected chi connectivity index (χ2v) is 4.59. The van der Waals surface area contributed by atoms with E-state index in [0.29, 0.717) is 0 Å². The van der Waals surface area contributed by atoms with E-state index in [9.17, 15) is 0 Å². The molecule has 0 radical (unpaired) electrons. The van der Waals surface area contributed by atoms with Gasteiger partial charge in [-0.3, -0.25) is 0 Å². The lowest BCUT2D eigenvalue weighted by Gasteiger charge is -2.37. The third-order valence-corrected chi connectivity index (χ3v) is 3.78. The molecule has 1 saturated carbocycles. The van der Waals surface area contributed by atoms with Crippen molar-refractivity contribution in [3.05, 3.63) is 0 Å². The SMILES string of the molecule is NCC1CCCCC1N1CCCC1. The molecule has 0 bridgehead atoms. The first-order valence-corrected chi connectivity index (χ1v) is 5.86. The maximum Gasteiger partial charge on any atom is 0.0135 e. The molecule has 13 heavy (non-hydrogen) atoms. The van der Waals surface area contributed by atoms with Crippen LogP contribution in [-0.2, 0) is 0 Å². The molecule has 0 aromatic carbocycles. The van der Waals surface area contributed by atoms with E-state index >= 15 is 0 Å². The van der Waals surface area contributed by atoms with Gasteiger partial charge in [0.1, 0.15) is 0 Å². The molecular formula is C11H22N2. The van der Waals surface area contributed by atoms with Crippen LogP contribution in [0.2, 0.25) is 0 Å². The molecular weight excluding hydrogens is 160 g/mol. The molecule has 1 aliphatic carbocycles. The van der Waals surface area contributed by atoms with Gasteiger partial charge in [-0.2, -0.15) is 0 Å². The standard InChI is InChI=1S/C11H22N2/c12-9-10-5-1-2-6-11(10)13-7-3-4-8-13/h10-11H,1-9,12H2. The second-order valence-electron chi connectivity index (χ2n) is 4.59. The summed E-state index contributed by atoms with van der Waals surface area (Å²) in [5.74, 6) is 0.798. The molecule has 2 N–H and O–H groups in total. The second kappa shape index (κ2) is 4.43. The quantitative estimate of drug-likeness (QED) is 0.703. The minimum Gasteiger partial charge on any atom is -0.330 e. The highest BCUT2D eigenvalue weighted by Crippen LogP contribution is 2.29. The first-order valence-electron chi connectivity index (χ1n) is 5.86. The van der Waals surface area contributed by atoms with Gasteiger partial charge in [-0.25, -0.2) is 0 Å². The monoisotopic (exact) mass is 182 g/mol. The van der Waals surface area contributed by atoms with Crippen LogP contribution in [-0.4, -0.2) is 30.6 Å². The number of hydrogen-bond donors (Lipinski definition) is 1. The van der Waals surface area contributed by atoms with Crippen LogP contribution in [0.5, 0.6) is 0 Å². The Balaban J connectivity index is 1.93. The Morgan fingerprint density at radius 2 is 1.69 bits per heavy atom. The van der Waals surface area contributed by atoms with E-state index in [1.165, 1.54) is 51.6 Å². The highest BCUT2D eigenvalue weighted by Gasteiger charge is 2.30. The summed E-state index contributed by atoms with van der Waals surface area (Å²) in [5.41, 5.74) is 5.83. The predicted molar refractivity (Wildman–Crippen MR) is 55.6 cm³/mol. The Kier molecular flexibility index (Phi) is 3.23. The van der Waals surface area contributed by atoms with Gasteiger partial charge in [0.05, 0.1) is 0 Å². The Morgan fingerprint density at radius 1 is 1.00 bits per heavy atom. The molecule has 2 nitrogen and oxygen atoms in total. The number of likely N-dealkylation sites (tertiary alicyclic amines) is 1. The van der Waals surface area contributed by atoms with E-state index in [0.717, 1.165) is 18.5 Å². The first-order chi connectivity index (χ1) is 6.42. The van der Waals surface area contributed by atoms with Crippen LogP contribution in [0, 0.1) is 5.92 Å². The Bertz CT molecular complexity index is 150. The van der Waals surface area contributed by atoms with Gasteiger partial charge in [0.25, 0.3) is 0 Å². The Labute approximate surface area is 81.5 Å². The minimum absolute atomic E-state index is 0.798. The van der Waals surface area contributed by atoms with Crippen LogP contribution in [0.15, 0.2) is 0 Å². The molecule has 1 heterocycles. The smallest absolute Gasteiger partial charge is 0.0135 e. The van der Waals surface area contributed by atoms with Crippen LogP contribution >= 0.6 is 0 Å². The van der Waals surface area contributed by atoms with Gasteiger partial charge >= 0.3 is 0 Å². The number of rotatable bonds is 2. The fraction of sp³-hybridized carbons (Fsp3) is 1.00. The number of hydrogen-bond acceptors (Lipinski definition) is 2. The largest absolute Gasteiger partial charge is 0.330 e. The predicted octanol–water partition coefficient (Wildman–Crippen LogP) is 1.60. The van der Waals surface area contributed by atoms with Crippen LogP contribution in [0.4, 0.5) is 0 Å². The molecule has 0 aromatic rings. The van der Waals surface area contributed by atoms with Gasteiger partial charge in [0, 0.05) is 6.04 Å². The molecule has 2 rings (SSSR count). The van der Waals surface area contributed by atoms with Gasteiger partial charge in [-0.1, -0.05) is 12.8 Å². The van der Waals surface area contributed by atoms with Gasteiger partial charge in [0.15, 0.2) is 0 Å². The van der Waals surface area contributed by atoms with Crippen LogP contribution in [0.25, 0.3) is 0 Å². The molecule has 2 fully saturated rings. The highest BCUT2D eigenvalue weighted by atomic mass is 15.2. The van der Waals surface area contributed by atoms with Crippen molar-refractivity contribution in [2.24, 2.45) is 11.7 Å². The van der Waals surface area contributed by atoms with Crippen molar-refractivity contribution in [3.63, 3.8) is 0 Å². The third kappa shape index (κ3) is 2.05. The summed E-state index contributed by atoms with van der Waals surface area (Å²) in [6, 6.07) is 0.834. The van der Waals surface area contributed by atoms with E-state index in [4.69, 9.17) is 5.73 Å². The van der Waals surface area contributed by atoms with Gasteiger partial charge in [0.2, 0.25) is 0 Å². The Morgan fingerprint density at radius 3 is 2.38 bits per heavy atom. The summed E-state index contributed by atoms with van der Waals surface area (Å²) >= 11 is 0. The fourth-order valence-corrected chi connectivity index (χ4v) is 3.02. The third-order valence-electron chi connectivity index (χ3n) is 3.78. The zero-order chi connectivity index (χ0) is 9.10. The molecule has 2 aliphatic rings. The van der Waals surface area contributed by atoms with Gasteiger partial charge < -0.3 is 10.6 Å². The van der Waals surface area contributed by atoms with Crippen molar-refractivity contribution in [1.29, 1.82) is 0 Å². The number of nitrogens with zero attached hydrogens (tertiary/aromatic N) is 1. The van der Waals surface area contributed by atoms with E-state index in [1.807, 2.05) is 0 Å². The highest BCUT2D eigenvalue weighted by molar-refractivity contribution is 4.85. The summed E-state index contributed by atoms with van der Waals surface area (Å²) in [5, 5.41) is 0. The number of nitrogens with two attached hydrogens (primary N) is 1. The zero-order valence-electron chi connectivity index (χ0n) is 8.54. The average Bonchev–Trinajstić information content (AvgIpc) is 2.70. The van der Waals surface area contributed by atoms with Crippen LogP contribution in [0.1, 0.15) is 38.5 Å². The molecule has 2 atom stereocenters. The van der Waals surface area contributed by atoms with Crippen LogP contribution in [0.3, 0.4) is 0 Å². The summed E-state index contributed by atoms with van der Waals surface area (Å²) in [6.07, 6.45) is 8.44. The maximum atomic E-state index is 5.83. The van der Waals surface area contributed by atoms with Gasteiger partial charge in [-0.15, -0.1) is 0 Å². The molecule has 0 spiro atoms. The van der Waals surface area contributed by atoms with E-state index in [2.05, 4.69) is 4.90 Å². The lowest BCUT2D eigenvalue weighted by Crippen LogP contribution is -2.43. The molecule has 0 aromatic heterocycles. The van der Waals surface area contributed by atoms with Crippen molar-refractivity contribution < 1.29 is 0 Å². The van der Waals surface area contributed by atoms with Gasteiger partial charge in [-0.05, 0) is 51.2 Å². The normalized spacial score (nSPS) is 36.7. The van der Waals surface area contributed by atoms with Crippen molar-refractivity contribution in [1.82, 2.24) is 4.90 Å². The average molecular weight is 182 g/mol. The van der Waals surface area contributed by atoms with Crippen molar-refractivity contribution in [2.75, 3.05) is 19.6 Å². The lowest BCUT2D eigenvalue weighted by molar-refractivity contribution is 0.132. The molecule has 1 saturated heterocycles. The van der Waals surface area contributed by atoms with Crippen molar-refractivity contribution in [3.8, 4) is 0 Å². The summed E-state index contributed by atoms with van der Waals surface area (Å²) in [4.78, 5) is 2.69. The fourth-order valence-electron chi connectivity index (χ4n) is 3.02. The van der Waals surface area contributed by atoms with Crippen molar-refractivity contribution in [2.45, 2.75) is 44.6 Å². The van der Waals surface area contributed by atoms with Crippen molar-refractivity contribution >= 4 is 0 Å². The molecule has 1 aliphatic heterocycles. The van der Waals surface area contributed by atoms with E-state index < -0.39 is 0 Å². The topological polar surface area (TPSA) is 29.3 Å². The maximum absolute atomic E-state index is 5.83. The van der Waals surface area contributed by atoms with E-state index in [1.54, 1.807) is 0 Å². The minimum atomic E-state index is 0.798. The lowest BCUT2D eigenvalue weighted by atomic mass is 9.84. The van der Waals surface area contributed by atoms with E-state index in [-0.39, 0.29) is 0 Å². The van der Waals surface area contributed by atoms with Crippen LogP contribution < -0.4 is 5.73 Å². The molecule has 2 heteroatoms. The Hall–Kier alpha value is -0.0800.